The van der Waals surface area contributed by atoms with Crippen LogP contribution in [-0.4, -0.2) is 41.5 Å². The lowest BCUT2D eigenvalue weighted by molar-refractivity contribution is 0.130. The van der Waals surface area contributed by atoms with Crippen molar-refractivity contribution in [2.75, 3.05) is 12.4 Å². The molecule has 31 heavy (non-hydrogen) atoms. The molecule has 1 aromatic heterocycles. The van der Waals surface area contributed by atoms with Crippen LogP contribution >= 0.6 is 11.3 Å². The van der Waals surface area contributed by atoms with Gasteiger partial charge in [0.05, 0.1) is 16.0 Å². The minimum Gasteiger partial charge on any atom is -0.465 e. The summed E-state index contributed by atoms with van der Waals surface area (Å²) in [5.41, 5.74) is 2.84. The van der Waals surface area contributed by atoms with E-state index in [4.69, 9.17) is 9.84 Å². The third-order valence-electron chi connectivity index (χ3n) is 5.25. The Morgan fingerprint density at radius 3 is 2.65 bits per heavy atom. The molecule has 1 fully saturated rings. The van der Waals surface area contributed by atoms with Gasteiger partial charge in [0.25, 0.3) is 0 Å². The van der Waals surface area contributed by atoms with Crippen molar-refractivity contribution in [3.05, 3.63) is 35.0 Å². The minimum absolute atomic E-state index is 0.0397. The van der Waals surface area contributed by atoms with Crippen molar-refractivity contribution < 1.29 is 19.4 Å². The van der Waals surface area contributed by atoms with E-state index in [-0.39, 0.29) is 12.1 Å². The van der Waals surface area contributed by atoms with E-state index in [1.54, 1.807) is 11.3 Å². The second kappa shape index (κ2) is 10.6. The molecule has 2 aromatic rings. The molecule has 8 nitrogen and oxygen atoms in total. The second-order valence-electron chi connectivity index (χ2n) is 8.04. The molecule has 0 bridgehead atoms. The highest BCUT2D eigenvalue weighted by Gasteiger charge is 2.25. The van der Waals surface area contributed by atoms with E-state index in [0.717, 1.165) is 46.7 Å². The second-order valence-corrected chi connectivity index (χ2v) is 9.10. The number of amides is 2. The van der Waals surface area contributed by atoms with Gasteiger partial charge in [-0.1, -0.05) is 6.07 Å². The fourth-order valence-electron chi connectivity index (χ4n) is 3.87. The number of hydrogen-bond acceptors (Lipinski definition) is 6. The first kappa shape index (κ1) is 23.0. The average molecular weight is 447 g/mol. The van der Waals surface area contributed by atoms with Crippen LogP contribution in [0, 0.1) is 0 Å². The highest BCUT2D eigenvalue weighted by Crippen LogP contribution is 2.39. The molecule has 1 saturated carbocycles. The highest BCUT2D eigenvalue weighted by atomic mass is 32.1. The first-order chi connectivity index (χ1) is 14.9. The van der Waals surface area contributed by atoms with Gasteiger partial charge < -0.3 is 20.5 Å². The number of carbonyl (C=O) groups is 2. The Hall–Kier alpha value is -2.65. The quantitative estimate of drug-likeness (QED) is 0.487. The summed E-state index contributed by atoms with van der Waals surface area (Å²) in [6, 6.07) is 5.87. The average Bonchev–Trinajstić information content (AvgIpc) is 3.18. The van der Waals surface area contributed by atoms with Crippen LogP contribution in [0.3, 0.4) is 0 Å². The number of aromatic nitrogens is 1. The van der Waals surface area contributed by atoms with Gasteiger partial charge in [0.2, 0.25) is 0 Å². The molecule has 1 aliphatic carbocycles. The first-order valence-corrected chi connectivity index (χ1v) is 11.4. The molecule has 9 heteroatoms. The van der Waals surface area contributed by atoms with Crippen LogP contribution in [0.5, 0.6) is 0 Å². The van der Waals surface area contributed by atoms with Crippen LogP contribution in [0.4, 0.5) is 15.3 Å². The van der Waals surface area contributed by atoms with Gasteiger partial charge in [-0.2, -0.15) is 0 Å². The number of ether oxygens (including phenoxy) is 1. The Morgan fingerprint density at radius 2 is 2.00 bits per heavy atom. The van der Waals surface area contributed by atoms with E-state index in [9.17, 15) is 9.59 Å². The SMILES string of the molecule is CNCc1cc(NC(=O)OC(C)C)ccc1-c1cnc([C@H]2CC[C@H](NC(=O)O)CC2)s1. The van der Waals surface area contributed by atoms with E-state index in [1.807, 2.05) is 45.3 Å². The molecular formula is C22H30N4O4S. The number of nitrogens with one attached hydrogen (secondary N) is 3. The molecule has 0 aliphatic heterocycles. The highest BCUT2D eigenvalue weighted by molar-refractivity contribution is 7.15. The zero-order chi connectivity index (χ0) is 22.4. The third-order valence-corrected chi connectivity index (χ3v) is 6.45. The lowest BCUT2D eigenvalue weighted by Crippen LogP contribution is -2.36. The molecule has 1 aliphatic rings. The molecule has 4 N–H and O–H groups in total. The van der Waals surface area contributed by atoms with Crippen molar-refractivity contribution in [1.82, 2.24) is 15.6 Å². The van der Waals surface area contributed by atoms with Crippen molar-refractivity contribution in [3.8, 4) is 10.4 Å². The largest absolute Gasteiger partial charge is 0.465 e. The molecule has 0 radical (unpaired) electrons. The summed E-state index contributed by atoms with van der Waals surface area (Å²) in [6.07, 6.45) is 3.86. The first-order valence-electron chi connectivity index (χ1n) is 10.6. The molecular weight excluding hydrogens is 416 g/mol. The van der Waals surface area contributed by atoms with E-state index >= 15 is 0 Å². The van der Waals surface area contributed by atoms with Gasteiger partial charge in [0, 0.05) is 30.4 Å². The number of hydrogen-bond donors (Lipinski definition) is 4. The molecule has 1 heterocycles. The maximum absolute atomic E-state index is 11.9. The van der Waals surface area contributed by atoms with E-state index in [0.29, 0.717) is 18.2 Å². The van der Waals surface area contributed by atoms with Gasteiger partial charge in [-0.3, -0.25) is 5.32 Å². The van der Waals surface area contributed by atoms with Crippen LogP contribution in [-0.2, 0) is 11.3 Å². The van der Waals surface area contributed by atoms with Gasteiger partial charge in [0.15, 0.2) is 0 Å². The number of benzene rings is 1. The van der Waals surface area contributed by atoms with Gasteiger partial charge in [-0.25, -0.2) is 14.6 Å². The summed E-state index contributed by atoms with van der Waals surface area (Å²) in [7, 11) is 1.89. The predicted octanol–water partition coefficient (Wildman–Crippen LogP) is 4.78. The van der Waals surface area contributed by atoms with Crippen LogP contribution in [0.2, 0.25) is 0 Å². The Kier molecular flexibility index (Phi) is 7.86. The molecule has 2 amide bonds. The van der Waals surface area contributed by atoms with Crippen LogP contribution in [0.1, 0.15) is 56.0 Å². The maximum atomic E-state index is 11.9. The zero-order valence-corrected chi connectivity index (χ0v) is 18.9. The summed E-state index contributed by atoms with van der Waals surface area (Å²) in [4.78, 5) is 28.5. The van der Waals surface area contributed by atoms with Gasteiger partial charge in [-0.05, 0) is 69.8 Å². The predicted molar refractivity (Wildman–Crippen MR) is 122 cm³/mol. The Labute approximate surface area is 186 Å². The Balaban J connectivity index is 1.72. The molecule has 3 rings (SSSR count). The molecule has 0 spiro atoms. The zero-order valence-electron chi connectivity index (χ0n) is 18.1. The summed E-state index contributed by atoms with van der Waals surface area (Å²) in [6.45, 7) is 4.28. The van der Waals surface area contributed by atoms with E-state index in [2.05, 4.69) is 20.9 Å². The van der Waals surface area contributed by atoms with Gasteiger partial charge >= 0.3 is 12.2 Å². The molecule has 1 aromatic carbocycles. The normalized spacial score (nSPS) is 18.6. The molecule has 0 unspecified atom stereocenters. The number of thiazole rings is 1. The van der Waals surface area contributed by atoms with Crippen molar-refractivity contribution >= 4 is 29.2 Å². The molecule has 168 valence electrons. The minimum atomic E-state index is -0.951. The van der Waals surface area contributed by atoms with Crippen molar-refractivity contribution in [2.45, 2.75) is 64.1 Å². The summed E-state index contributed by atoms with van der Waals surface area (Å²) in [5, 5.41) is 18.5. The monoisotopic (exact) mass is 446 g/mol. The molecule has 0 saturated heterocycles. The lowest BCUT2D eigenvalue weighted by Gasteiger charge is -2.27. The standard InChI is InChI=1S/C22H30N4O4S/c1-13(2)30-22(29)26-17-8-9-18(15(10-17)11-23-3)19-12-24-20(31-19)14-4-6-16(7-5-14)25-21(27)28/h8-10,12-14,16,23,25H,4-7,11H2,1-3H3,(H,26,29)(H,27,28)/t14-,16-. The number of carboxylic acid groups (broad SMARTS) is 1. The Morgan fingerprint density at radius 1 is 1.26 bits per heavy atom. The van der Waals surface area contributed by atoms with Crippen LogP contribution in [0.15, 0.2) is 24.4 Å². The smallest absolute Gasteiger partial charge is 0.411 e. The lowest BCUT2D eigenvalue weighted by atomic mass is 9.86. The summed E-state index contributed by atoms with van der Waals surface area (Å²) >= 11 is 1.69. The number of nitrogens with zero attached hydrogens (tertiary/aromatic N) is 1. The third kappa shape index (κ3) is 6.41. The van der Waals surface area contributed by atoms with E-state index in [1.165, 1.54) is 0 Å². The van der Waals surface area contributed by atoms with Crippen molar-refractivity contribution in [1.29, 1.82) is 0 Å². The topological polar surface area (TPSA) is 113 Å². The van der Waals surface area contributed by atoms with Gasteiger partial charge in [-0.15, -0.1) is 11.3 Å². The summed E-state index contributed by atoms with van der Waals surface area (Å²) < 4.78 is 5.16. The number of anilines is 1. The Bertz CT molecular complexity index is 907. The fourth-order valence-corrected chi connectivity index (χ4v) is 5.02. The number of rotatable bonds is 7. The fraction of sp³-hybridized carbons (Fsp3) is 0.500. The van der Waals surface area contributed by atoms with Gasteiger partial charge in [0.1, 0.15) is 0 Å². The summed E-state index contributed by atoms with van der Waals surface area (Å²) in [5.74, 6) is 0.366. The number of carbonyl (C=O) groups excluding carboxylic acids is 1. The van der Waals surface area contributed by atoms with Crippen LogP contribution < -0.4 is 16.0 Å². The van der Waals surface area contributed by atoms with Crippen molar-refractivity contribution in [3.63, 3.8) is 0 Å². The van der Waals surface area contributed by atoms with E-state index < -0.39 is 12.2 Å². The maximum Gasteiger partial charge on any atom is 0.411 e. The van der Waals surface area contributed by atoms with Crippen LogP contribution in [0.25, 0.3) is 10.4 Å². The molecule has 0 atom stereocenters. The van der Waals surface area contributed by atoms with Crippen molar-refractivity contribution in [2.24, 2.45) is 0 Å².